The summed E-state index contributed by atoms with van der Waals surface area (Å²) in [7, 11) is 0. The molecule has 3 heteroatoms. The van der Waals surface area contributed by atoms with Gasteiger partial charge in [0.05, 0.1) is 6.61 Å². The highest BCUT2D eigenvalue weighted by Crippen LogP contribution is 2.11. The monoisotopic (exact) mass is 204 g/mol. The maximum Gasteiger partial charge on any atom is 0.381 e. The van der Waals surface area contributed by atoms with E-state index in [0.29, 0.717) is 13.0 Å². The van der Waals surface area contributed by atoms with E-state index in [9.17, 15) is 4.79 Å². The normalized spacial score (nSPS) is 8.87. The van der Waals surface area contributed by atoms with Crippen molar-refractivity contribution < 1.29 is 14.6 Å². The fourth-order valence-electron chi connectivity index (χ4n) is 1.09. The molecule has 15 heavy (non-hydrogen) atoms. The Labute approximate surface area is 88.7 Å². The average Bonchev–Trinajstić information content (AvgIpc) is 2.20. The number of carboxylic acid groups (broad SMARTS) is 1. The molecule has 78 valence electrons. The van der Waals surface area contributed by atoms with Crippen LogP contribution >= 0.6 is 0 Å². The quantitative estimate of drug-likeness (QED) is 0.762. The van der Waals surface area contributed by atoms with E-state index in [-0.39, 0.29) is 0 Å². The Bertz CT molecular complexity index is 382. The fourth-order valence-corrected chi connectivity index (χ4v) is 1.09. The molecule has 0 aliphatic rings. The van der Waals surface area contributed by atoms with Crippen LogP contribution in [-0.4, -0.2) is 17.7 Å². The minimum atomic E-state index is -1.10. The predicted molar refractivity (Wildman–Crippen MR) is 56.7 cm³/mol. The number of benzene rings is 1. The highest BCUT2D eigenvalue weighted by Gasteiger charge is 1.93. The molecule has 3 nitrogen and oxygen atoms in total. The van der Waals surface area contributed by atoms with E-state index in [1.165, 1.54) is 0 Å². The van der Waals surface area contributed by atoms with Crippen molar-refractivity contribution in [1.29, 1.82) is 0 Å². The Kier molecular flexibility index (Phi) is 4.24. The summed E-state index contributed by atoms with van der Waals surface area (Å²) < 4.78 is 5.27. The van der Waals surface area contributed by atoms with Crippen molar-refractivity contribution in [3.05, 3.63) is 29.8 Å². The topological polar surface area (TPSA) is 46.5 Å². The third-order valence-corrected chi connectivity index (χ3v) is 1.72. The zero-order chi connectivity index (χ0) is 11.1. The van der Waals surface area contributed by atoms with Crippen LogP contribution in [-0.2, 0) is 11.2 Å². The van der Waals surface area contributed by atoms with Gasteiger partial charge in [-0.3, -0.25) is 0 Å². The van der Waals surface area contributed by atoms with Crippen LogP contribution in [0.3, 0.4) is 0 Å². The van der Waals surface area contributed by atoms with E-state index < -0.39 is 5.97 Å². The minimum Gasteiger partial charge on any atom is -0.494 e. The molecule has 0 atom stereocenters. The van der Waals surface area contributed by atoms with Crippen molar-refractivity contribution in [3.8, 4) is 17.6 Å². The number of rotatable bonds is 3. The number of carboxylic acids is 1. The van der Waals surface area contributed by atoms with E-state index >= 15 is 0 Å². The number of aliphatic carboxylic acids is 1. The van der Waals surface area contributed by atoms with E-state index in [1.54, 1.807) is 0 Å². The van der Waals surface area contributed by atoms with Crippen molar-refractivity contribution in [3.63, 3.8) is 0 Å². The second kappa shape index (κ2) is 5.71. The Morgan fingerprint density at radius 3 is 2.60 bits per heavy atom. The summed E-state index contributed by atoms with van der Waals surface area (Å²) in [6.07, 6.45) is 0.443. The third kappa shape index (κ3) is 4.19. The first kappa shape index (κ1) is 11.1. The molecule has 0 aromatic heterocycles. The Morgan fingerprint density at radius 2 is 2.07 bits per heavy atom. The van der Waals surface area contributed by atoms with Crippen molar-refractivity contribution >= 4 is 5.97 Å². The predicted octanol–water partition coefficient (Wildman–Crippen LogP) is 1.72. The summed E-state index contributed by atoms with van der Waals surface area (Å²) in [6.45, 7) is 2.56. The van der Waals surface area contributed by atoms with Crippen molar-refractivity contribution in [1.82, 2.24) is 0 Å². The third-order valence-electron chi connectivity index (χ3n) is 1.72. The molecule has 1 N–H and O–H groups in total. The van der Waals surface area contributed by atoms with E-state index in [2.05, 4.69) is 11.8 Å². The molecule has 0 aliphatic carbocycles. The van der Waals surface area contributed by atoms with Crippen molar-refractivity contribution in [2.45, 2.75) is 13.3 Å². The van der Waals surface area contributed by atoms with E-state index in [4.69, 9.17) is 9.84 Å². The number of hydrogen-bond donors (Lipinski definition) is 1. The molecule has 0 unspecified atom stereocenters. The van der Waals surface area contributed by atoms with Gasteiger partial charge in [-0.15, -0.1) is 0 Å². The van der Waals surface area contributed by atoms with Crippen LogP contribution in [0.1, 0.15) is 12.5 Å². The van der Waals surface area contributed by atoms with E-state index in [1.807, 2.05) is 31.2 Å². The molecule has 1 rings (SSSR count). The van der Waals surface area contributed by atoms with Gasteiger partial charge in [-0.1, -0.05) is 18.1 Å². The summed E-state index contributed by atoms with van der Waals surface area (Å²) in [5.41, 5.74) is 0.979. The second-order valence-electron chi connectivity index (χ2n) is 2.86. The van der Waals surface area contributed by atoms with Crippen LogP contribution in [0.25, 0.3) is 0 Å². The van der Waals surface area contributed by atoms with Gasteiger partial charge >= 0.3 is 5.97 Å². The van der Waals surface area contributed by atoms with Crippen LogP contribution in [0.4, 0.5) is 0 Å². The van der Waals surface area contributed by atoms with Gasteiger partial charge in [0, 0.05) is 12.3 Å². The summed E-state index contributed by atoms with van der Waals surface area (Å²) in [4.78, 5) is 10.1. The highest BCUT2D eigenvalue weighted by molar-refractivity contribution is 5.86. The van der Waals surface area contributed by atoms with Gasteiger partial charge in [0.25, 0.3) is 0 Å². The van der Waals surface area contributed by atoms with Gasteiger partial charge in [0.15, 0.2) is 0 Å². The first-order valence-corrected chi connectivity index (χ1v) is 4.66. The molecule has 0 fully saturated rings. The lowest BCUT2D eigenvalue weighted by molar-refractivity contribution is -0.130. The molecule has 0 saturated carbocycles. The molecule has 1 aromatic carbocycles. The molecule has 0 bridgehead atoms. The molecular formula is C12H12O3. The van der Waals surface area contributed by atoms with E-state index in [0.717, 1.165) is 11.3 Å². The molecule has 0 radical (unpaired) electrons. The molecule has 0 aliphatic heterocycles. The zero-order valence-electron chi connectivity index (χ0n) is 8.49. The first-order valence-electron chi connectivity index (χ1n) is 4.66. The lowest BCUT2D eigenvalue weighted by Gasteiger charge is -2.02. The SMILES string of the molecule is CCOc1ccc(CC#CC(=O)O)cc1. The van der Waals surface area contributed by atoms with Crippen LogP contribution < -0.4 is 4.74 Å². The van der Waals surface area contributed by atoms with Crippen molar-refractivity contribution in [2.24, 2.45) is 0 Å². The number of ether oxygens (including phenoxy) is 1. The molecule has 1 aromatic rings. The van der Waals surface area contributed by atoms with Crippen LogP contribution in [0.5, 0.6) is 5.75 Å². The standard InChI is InChI=1S/C12H12O3/c1-2-15-11-8-6-10(7-9-11)4-3-5-12(13)14/h6-9H,2,4H2,1H3,(H,13,14). The number of carbonyl (C=O) groups is 1. The van der Waals surface area contributed by atoms with Crippen LogP contribution in [0.2, 0.25) is 0 Å². The molecule has 0 saturated heterocycles. The Morgan fingerprint density at radius 1 is 1.40 bits per heavy atom. The Balaban J connectivity index is 2.58. The fraction of sp³-hybridized carbons (Fsp3) is 0.250. The zero-order valence-corrected chi connectivity index (χ0v) is 8.49. The van der Waals surface area contributed by atoms with Crippen LogP contribution in [0.15, 0.2) is 24.3 Å². The van der Waals surface area contributed by atoms with Gasteiger partial charge in [0.2, 0.25) is 0 Å². The number of hydrogen-bond acceptors (Lipinski definition) is 2. The van der Waals surface area contributed by atoms with Gasteiger partial charge in [-0.2, -0.15) is 0 Å². The van der Waals surface area contributed by atoms with Gasteiger partial charge < -0.3 is 9.84 Å². The minimum absolute atomic E-state index is 0.443. The lowest BCUT2D eigenvalue weighted by Crippen LogP contribution is -1.91. The maximum atomic E-state index is 10.1. The lowest BCUT2D eigenvalue weighted by atomic mass is 10.1. The average molecular weight is 204 g/mol. The van der Waals surface area contributed by atoms with Crippen molar-refractivity contribution in [2.75, 3.05) is 6.61 Å². The van der Waals surface area contributed by atoms with Gasteiger partial charge in [-0.25, -0.2) is 4.79 Å². The van der Waals surface area contributed by atoms with Crippen LogP contribution in [0, 0.1) is 11.8 Å². The first-order chi connectivity index (χ1) is 7.22. The molecule has 0 spiro atoms. The summed E-state index contributed by atoms with van der Waals surface area (Å²) >= 11 is 0. The summed E-state index contributed by atoms with van der Waals surface area (Å²) in [5.74, 6) is 4.35. The largest absolute Gasteiger partial charge is 0.494 e. The maximum absolute atomic E-state index is 10.1. The van der Waals surface area contributed by atoms with Gasteiger partial charge in [0.1, 0.15) is 5.75 Å². The second-order valence-corrected chi connectivity index (χ2v) is 2.86. The molecule has 0 heterocycles. The molecular weight excluding hydrogens is 192 g/mol. The van der Waals surface area contributed by atoms with Gasteiger partial charge in [-0.05, 0) is 24.6 Å². The smallest absolute Gasteiger partial charge is 0.381 e. The Hall–Kier alpha value is -1.95. The summed E-state index contributed by atoms with van der Waals surface area (Å²) in [5, 5.41) is 8.31. The summed E-state index contributed by atoms with van der Waals surface area (Å²) in [6, 6.07) is 7.45. The molecule has 0 amide bonds. The highest BCUT2D eigenvalue weighted by atomic mass is 16.5.